The lowest BCUT2D eigenvalue weighted by Gasteiger charge is -2.28. The van der Waals surface area contributed by atoms with Crippen molar-refractivity contribution in [1.82, 2.24) is 0 Å². The number of imide groups is 1. The molecule has 0 unspecified atom stereocenters. The quantitative estimate of drug-likeness (QED) is 0.618. The third kappa shape index (κ3) is 1.35. The van der Waals surface area contributed by atoms with Crippen LogP contribution in [0.15, 0.2) is 36.4 Å². The number of carbonyl (C=O) groups is 2. The molecule has 0 aromatic heterocycles. The van der Waals surface area contributed by atoms with E-state index in [1.807, 2.05) is 19.1 Å². The molecule has 3 aliphatic rings. The molecule has 4 heteroatoms. The molecule has 2 bridgehead atoms. The van der Waals surface area contributed by atoms with Gasteiger partial charge in [0, 0.05) is 0 Å². The molecule has 21 heavy (non-hydrogen) atoms. The van der Waals surface area contributed by atoms with Gasteiger partial charge < -0.3 is 4.74 Å². The third-order valence-electron chi connectivity index (χ3n) is 5.44. The molecular formula is C17H17NO3. The first-order chi connectivity index (χ1) is 10.1. The van der Waals surface area contributed by atoms with Gasteiger partial charge in [0.15, 0.2) is 0 Å². The van der Waals surface area contributed by atoms with Crippen molar-refractivity contribution in [3.63, 3.8) is 0 Å². The standard InChI is InChI=1S/C17H17NO3/c1-17-11-8-7-10(9-11)14(17)15(19)18(16(17)20)12-5-3-4-6-13(12)21-2/h3-8,10-11,14H,9H2,1-2H3/t10-,11+,14+,17-/m0/s1. The molecule has 1 saturated heterocycles. The summed E-state index contributed by atoms with van der Waals surface area (Å²) in [5.41, 5.74) is -0.0258. The fraction of sp³-hybridized carbons (Fsp3) is 0.412. The smallest absolute Gasteiger partial charge is 0.241 e. The summed E-state index contributed by atoms with van der Waals surface area (Å²) in [4.78, 5) is 27.2. The highest BCUT2D eigenvalue weighted by molar-refractivity contribution is 6.25. The summed E-state index contributed by atoms with van der Waals surface area (Å²) < 4.78 is 5.32. The van der Waals surface area contributed by atoms with Crippen LogP contribution in [0.3, 0.4) is 0 Å². The van der Waals surface area contributed by atoms with Crippen LogP contribution in [0, 0.1) is 23.2 Å². The number of hydrogen-bond donors (Lipinski definition) is 0. The van der Waals surface area contributed by atoms with Gasteiger partial charge in [0.25, 0.3) is 0 Å². The Labute approximate surface area is 123 Å². The highest BCUT2D eigenvalue weighted by Crippen LogP contribution is 2.61. The Balaban J connectivity index is 1.83. The summed E-state index contributed by atoms with van der Waals surface area (Å²) in [5.74, 6) is 0.565. The largest absolute Gasteiger partial charge is 0.495 e. The van der Waals surface area contributed by atoms with E-state index in [0.717, 1.165) is 6.42 Å². The molecule has 0 spiro atoms. The minimum absolute atomic E-state index is 0.0798. The second kappa shape index (κ2) is 3.97. The van der Waals surface area contributed by atoms with Gasteiger partial charge in [-0.05, 0) is 37.3 Å². The fourth-order valence-corrected chi connectivity index (χ4v) is 4.35. The molecule has 4 nitrogen and oxygen atoms in total. The van der Waals surface area contributed by atoms with E-state index in [4.69, 9.17) is 4.74 Å². The molecule has 108 valence electrons. The number of rotatable bonds is 2. The van der Waals surface area contributed by atoms with Gasteiger partial charge in [0.2, 0.25) is 11.8 Å². The number of hydrogen-bond acceptors (Lipinski definition) is 3. The van der Waals surface area contributed by atoms with Gasteiger partial charge in [-0.25, -0.2) is 4.90 Å². The molecule has 2 fully saturated rings. The Morgan fingerprint density at radius 1 is 1.24 bits per heavy atom. The van der Waals surface area contributed by atoms with Gasteiger partial charge in [0.05, 0.1) is 24.1 Å². The van der Waals surface area contributed by atoms with E-state index in [1.54, 1.807) is 19.2 Å². The molecule has 1 aromatic rings. The zero-order chi connectivity index (χ0) is 14.8. The predicted octanol–water partition coefficient (Wildman–Crippen LogP) is 2.40. The maximum absolute atomic E-state index is 13.0. The minimum atomic E-state index is -0.586. The second-order valence-electron chi connectivity index (χ2n) is 6.30. The molecule has 4 rings (SSSR count). The SMILES string of the molecule is COc1ccccc1N1C(=O)[C@H]2[C@H]3C=C[C@H](C3)[C@]2(C)C1=O. The number of carbonyl (C=O) groups excluding carboxylic acids is 2. The average Bonchev–Trinajstić information content (AvgIpc) is 3.12. The van der Waals surface area contributed by atoms with Crippen molar-refractivity contribution < 1.29 is 14.3 Å². The van der Waals surface area contributed by atoms with E-state index < -0.39 is 5.41 Å². The maximum Gasteiger partial charge on any atom is 0.241 e. The summed E-state index contributed by atoms with van der Waals surface area (Å²) in [7, 11) is 1.55. The molecule has 4 atom stereocenters. The van der Waals surface area contributed by atoms with Crippen molar-refractivity contribution in [2.24, 2.45) is 23.2 Å². The fourth-order valence-electron chi connectivity index (χ4n) is 4.35. The number of benzene rings is 1. The van der Waals surface area contributed by atoms with E-state index in [-0.39, 0.29) is 29.6 Å². The molecule has 1 heterocycles. The van der Waals surface area contributed by atoms with Crippen molar-refractivity contribution in [2.45, 2.75) is 13.3 Å². The average molecular weight is 283 g/mol. The number of amides is 2. The zero-order valence-corrected chi connectivity index (χ0v) is 12.1. The molecule has 1 saturated carbocycles. The lowest BCUT2D eigenvalue weighted by molar-refractivity contribution is -0.127. The number of para-hydroxylation sites is 2. The van der Waals surface area contributed by atoms with Gasteiger partial charge >= 0.3 is 0 Å². The third-order valence-corrected chi connectivity index (χ3v) is 5.44. The molecule has 2 amide bonds. The van der Waals surface area contributed by atoms with Gasteiger partial charge in [-0.3, -0.25) is 9.59 Å². The van der Waals surface area contributed by atoms with Crippen LogP contribution in [0.2, 0.25) is 0 Å². The number of nitrogens with zero attached hydrogens (tertiary/aromatic N) is 1. The van der Waals surface area contributed by atoms with Crippen molar-refractivity contribution in [1.29, 1.82) is 0 Å². The van der Waals surface area contributed by atoms with Crippen LogP contribution in [0.4, 0.5) is 5.69 Å². The minimum Gasteiger partial charge on any atom is -0.495 e. The molecule has 2 aliphatic carbocycles. The number of methoxy groups -OCH3 is 1. The van der Waals surface area contributed by atoms with Gasteiger partial charge in [0.1, 0.15) is 5.75 Å². The Kier molecular flexibility index (Phi) is 2.39. The summed E-state index contributed by atoms with van der Waals surface area (Å²) >= 11 is 0. The topological polar surface area (TPSA) is 46.6 Å². The Bertz CT molecular complexity index is 680. The number of ether oxygens (including phenoxy) is 1. The van der Waals surface area contributed by atoms with E-state index in [2.05, 4.69) is 12.2 Å². The molecule has 0 radical (unpaired) electrons. The maximum atomic E-state index is 13.0. The van der Waals surface area contributed by atoms with Crippen molar-refractivity contribution in [2.75, 3.05) is 12.0 Å². The molecule has 1 aliphatic heterocycles. The van der Waals surface area contributed by atoms with Gasteiger partial charge in [-0.15, -0.1) is 0 Å². The van der Waals surface area contributed by atoms with Crippen molar-refractivity contribution in [3.05, 3.63) is 36.4 Å². The van der Waals surface area contributed by atoms with E-state index in [1.165, 1.54) is 4.90 Å². The van der Waals surface area contributed by atoms with Crippen LogP contribution in [0.5, 0.6) is 5.75 Å². The summed E-state index contributed by atoms with van der Waals surface area (Å²) in [6.45, 7) is 1.95. The van der Waals surface area contributed by atoms with Crippen LogP contribution in [0.25, 0.3) is 0 Å². The zero-order valence-electron chi connectivity index (χ0n) is 12.1. The van der Waals surface area contributed by atoms with Crippen molar-refractivity contribution in [3.8, 4) is 5.75 Å². The number of fused-ring (bicyclic) bond motifs is 5. The first kappa shape index (κ1) is 12.6. The van der Waals surface area contributed by atoms with E-state index in [0.29, 0.717) is 11.4 Å². The highest BCUT2D eigenvalue weighted by atomic mass is 16.5. The first-order valence-corrected chi connectivity index (χ1v) is 7.28. The van der Waals surface area contributed by atoms with Crippen LogP contribution < -0.4 is 9.64 Å². The second-order valence-corrected chi connectivity index (χ2v) is 6.30. The van der Waals surface area contributed by atoms with Crippen LogP contribution >= 0.6 is 0 Å². The summed E-state index contributed by atoms with van der Waals surface area (Å²) in [6.07, 6.45) is 5.14. The summed E-state index contributed by atoms with van der Waals surface area (Å²) in [6, 6.07) is 7.20. The number of allylic oxidation sites excluding steroid dienone is 2. The van der Waals surface area contributed by atoms with Crippen molar-refractivity contribution >= 4 is 17.5 Å². The van der Waals surface area contributed by atoms with Crippen LogP contribution in [0.1, 0.15) is 13.3 Å². The highest BCUT2D eigenvalue weighted by Gasteiger charge is 2.67. The Morgan fingerprint density at radius 2 is 2.00 bits per heavy atom. The monoisotopic (exact) mass is 283 g/mol. The normalized spacial score (nSPS) is 36.5. The first-order valence-electron chi connectivity index (χ1n) is 7.28. The molecular weight excluding hydrogens is 266 g/mol. The van der Waals surface area contributed by atoms with Crippen LogP contribution in [-0.2, 0) is 9.59 Å². The van der Waals surface area contributed by atoms with E-state index >= 15 is 0 Å². The van der Waals surface area contributed by atoms with E-state index in [9.17, 15) is 9.59 Å². The Morgan fingerprint density at radius 3 is 2.71 bits per heavy atom. The van der Waals surface area contributed by atoms with Gasteiger partial charge in [-0.1, -0.05) is 24.3 Å². The molecule has 1 aromatic carbocycles. The Hall–Kier alpha value is -2.10. The lowest BCUT2D eigenvalue weighted by Crippen LogP contribution is -2.37. The summed E-state index contributed by atoms with van der Waals surface area (Å²) in [5, 5.41) is 0. The predicted molar refractivity (Wildman–Crippen MR) is 77.8 cm³/mol. The van der Waals surface area contributed by atoms with Crippen LogP contribution in [-0.4, -0.2) is 18.9 Å². The number of anilines is 1. The van der Waals surface area contributed by atoms with Gasteiger partial charge in [-0.2, -0.15) is 0 Å². The molecule has 0 N–H and O–H groups in total. The lowest BCUT2D eigenvalue weighted by atomic mass is 9.71.